The highest BCUT2D eigenvalue weighted by atomic mass is 16.5. The lowest BCUT2D eigenvalue weighted by Gasteiger charge is -2.48. The molecule has 110 valence electrons. The van der Waals surface area contributed by atoms with Crippen molar-refractivity contribution in [3.05, 3.63) is 11.6 Å². The van der Waals surface area contributed by atoms with Crippen LogP contribution in [0.5, 0.6) is 0 Å². The van der Waals surface area contributed by atoms with Crippen LogP contribution in [0.15, 0.2) is 11.6 Å². The predicted octanol–water partition coefficient (Wildman–Crippen LogP) is 4.20. The molecular formula is C17H31NO. The van der Waals surface area contributed by atoms with E-state index in [-0.39, 0.29) is 5.60 Å². The molecule has 0 radical (unpaired) electrons. The molecule has 2 aliphatic carbocycles. The van der Waals surface area contributed by atoms with Crippen LogP contribution in [-0.2, 0) is 4.74 Å². The molecule has 1 unspecified atom stereocenters. The van der Waals surface area contributed by atoms with Gasteiger partial charge in [-0.3, -0.25) is 0 Å². The minimum absolute atomic E-state index is 0.0974. The van der Waals surface area contributed by atoms with Crippen LogP contribution in [-0.4, -0.2) is 25.3 Å². The van der Waals surface area contributed by atoms with E-state index in [4.69, 9.17) is 4.74 Å². The van der Waals surface area contributed by atoms with Crippen LogP contribution in [0.1, 0.15) is 71.1 Å². The Kier molecular flexibility index (Phi) is 5.90. The Balaban J connectivity index is 2.10. The zero-order valence-corrected chi connectivity index (χ0v) is 12.8. The standard InChI is InChI=1S/C17H31NO/c1-3-14-18-16(17(19-2)12-9-13-17)15-10-7-5-4-6-8-11-15/h10,16,18H,3-9,11-14H2,1-2H3. The molecule has 1 N–H and O–H groups in total. The maximum Gasteiger partial charge on any atom is 0.0869 e. The number of nitrogens with one attached hydrogen (secondary N) is 1. The Morgan fingerprint density at radius 3 is 2.63 bits per heavy atom. The molecule has 2 heteroatoms. The van der Waals surface area contributed by atoms with Gasteiger partial charge in [0.15, 0.2) is 0 Å². The highest BCUT2D eigenvalue weighted by Crippen LogP contribution is 2.41. The zero-order chi connectivity index (χ0) is 13.6. The number of ether oxygens (including phenoxy) is 1. The van der Waals surface area contributed by atoms with Crippen molar-refractivity contribution in [3.63, 3.8) is 0 Å². The fraction of sp³-hybridized carbons (Fsp3) is 0.882. The van der Waals surface area contributed by atoms with E-state index in [1.165, 1.54) is 64.2 Å². The quantitative estimate of drug-likeness (QED) is 0.727. The van der Waals surface area contributed by atoms with Crippen LogP contribution in [0.4, 0.5) is 0 Å². The van der Waals surface area contributed by atoms with Gasteiger partial charge in [0.1, 0.15) is 0 Å². The predicted molar refractivity (Wildman–Crippen MR) is 81.5 cm³/mol. The van der Waals surface area contributed by atoms with Crippen LogP contribution in [0.2, 0.25) is 0 Å². The molecule has 0 spiro atoms. The Bertz CT molecular complexity index is 288. The molecule has 0 amide bonds. The Hall–Kier alpha value is -0.340. The van der Waals surface area contributed by atoms with E-state index < -0.39 is 0 Å². The van der Waals surface area contributed by atoms with Gasteiger partial charge in [-0.1, -0.05) is 31.4 Å². The molecule has 0 bridgehead atoms. The fourth-order valence-corrected chi connectivity index (χ4v) is 3.56. The largest absolute Gasteiger partial charge is 0.376 e. The van der Waals surface area contributed by atoms with Crippen LogP contribution < -0.4 is 5.32 Å². The number of rotatable bonds is 6. The lowest BCUT2D eigenvalue weighted by atomic mass is 9.70. The molecule has 0 aliphatic heterocycles. The number of hydrogen-bond donors (Lipinski definition) is 1. The van der Waals surface area contributed by atoms with E-state index in [9.17, 15) is 0 Å². The first-order valence-electron chi connectivity index (χ1n) is 8.30. The summed E-state index contributed by atoms with van der Waals surface area (Å²) in [5.74, 6) is 0. The van der Waals surface area contributed by atoms with Gasteiger partial charge >= 0.3 is 0 Å². The molecular weight excluding hydrogens is 234 g/mol. The van der Waals surface area contributed by atoms with Gasteiger partial charge in [0.25, 0.3) is 0 Å². The van der Waals surface area contributed by atoms with E-state index in [1.807, 2.05) is 7.11 Å². The second-order valence-corrected chi connectivity index (χ2v) is 6.24. The van der Waals surface area contributed by atoms with Crippen LogP contribution in [0.3, 0.4) is 0 Å². The van der Waals surface area contributed by atoms with Gasteiger partial charge < -0.3 is 10.1 Å². The third-order valence-corrected chi connectivity index (χ3v) is 4.93. The first-order chi connectivity index (χ1) is 9.32. The average molecular weight is 265 g/mol. The molecule has 0 aromatic carbocycles. The van der Waals surface area contributed by atoms with E-state index in [2.05, 4.69) is 18.3 Å². The van der Waals surface area contributed by atoms with Crippen molar-refractivity contribution in [3.8, 4) is 0 Å². The molecule has 19 heavy (non-hydrogen) atoms. The first kappa shape index (κ1) is 15.1. The summed E-state index contributed by atoms with van der Waals surface area (Å²) < 4.78 is 5.95. The minimum Gasteiger partial charge on any atom is -0.376 e. The van der Waals surface area contributed by atoms with Crippen molar-refractivity contribution in [1.82, 2.24) is 5.32 Å². The van der Waals surface area contributed by atoms with Gasteiger partial charge in [-0.25, -0.2) is 0 Å². The molecule has 1 saturated carbocycles. The van der Waals surface area contributed by atoms with Crippen molar-refractivity contribution in [2.75, 3.05) is 13.7 Å². The second kappa shape index (κ2) is 7.44. The summed E-state index contributed by atoms with van der Waals surface area (Å²) in [5.41, 5.74) is 1.73. The molecule has 1 atom stereocenters. The molecule has 1 fully saturated rings. The Morgan fingerprint density at radius 1 is 1.21 bits per heavy atom. The van der Waals surface area contributed by atoms with Gasteiger partial charge in [-0.15, -0.1) is 0 Å². The maximum absolute atomic E-state index is 5.95. The second-order valence-electron chi connectivity index (χ2n) is 6.24. The maximum atomic E-state index is 5.95. The van der Waals surface area contributed by atoms with Gasteiger partial charge in [0.05, 0.1) is 11.6 Å². The molecule has 0 saturated heterocycles. The summed E-state index contributed by atoms with van der Waals surface area (Å²) in [6, 6.07) is 0.462. The fourth-order valence-electron chi connectivity index (χ4n) is 3.56. The first-order valence-corrected chi connectivity index (χ1v) is 8.30. The lowest BCUT2D eigenvalue weighted by molar-refractivity contribution is -0.0904. The van der Waals surface area contributed by atoms with E-state index in [0.29, 0.717) is 6.04 Å². The van der Waals surface area contributed by atoms with E-state index >= 15 is 0 Å². The lowest BCUT2D eigenvalue weighted by Crippen LogP contribution is -2.57. The summed E-state index contributed by atoms with van der Waals surface area (Å²) >= 11 is 0. The third-order valence-electron chi connectivity index (χ3n) is 4.93. The molecule has 2 aliphatic rings. The Morgan fingerprint density at radius 2 is 2.00 bits per heavy atom. The van der Waals surface area contributed by atoms with Gasteiger partial charge in [0, 0.05) is 7.11 Å². The van der Waals surface area contributed by atoms with Crippen molar-refractivity contribution < 1.29 is 4.74 Å². The normalized spacial score (nSPS) is 24.8. The third kappa shape index (κ3) is 3.61. The molecule has 0 aromatic rings. The molecule has 2 nitrogen and oxygen atoms in total. The summed E-state index contributed by atoms with van der Waals surface area (Å²) in [6.45, 7) is 3.35. The Labute approximate surface area is 119 Å². The van der Waals surface area contributed by atoms with Crippen LogP contribution >= 0.6 is 0 Å². The number of methoxy groups -OCH3 is 1. The van der Waals surface area contributed by atoms with Gasteiger partial charge in [0.2, 0.25) is 0 Å². The molecule has 2 rings (SSSR count). The topological polar surface area (TPSA) is 21.3 Å². The minimum atomic E-state index is 0.0974. The van der Waals surface area contributed by atoms with Crippen LogP contribution in [0, 0.1) is 0 Å². The summed E-state index contributed by atoms with van der Waals surface area (Å²) in [5, 5.41) is 3.79. The van der Waals surface area contributed by atoms with E-state index in [1.54, 1.807) is 5.57 Å². The van der Waals surface area contributed by atoms with Crippen molar-refractivity contribution in [1.29, 1.82) is 0 Å². The summed E-state index contributed by atoms with van der Waals surface area (Å²) in [6.07, 6.45) is 15.6. The van der Waals surface area contributed by atoms with Gasteiger partial charge in [-0.2, -0.15) is 0 Å². The monoisotopic (exact) mass is 265 g/mol. The van der Waals surface area contributed by atoms with Crippen LogP contribution in [0.25, 0.3) is 0 Å². The van der Waals surface area contributed by atoms with Crippen molar-refractivity contribution >= 4 is 0 Å². The highest BCUT2D eigenvalue weighted by Gasteiger charge is 2.45. The van der Waals surface area contributed by atoms with E-state index in [0.717, 1.165) is 6.54 Å². The van der Waals surface area contributed by atoms with Crippen molar-refractivity contribution in [2.45, 2.75) is 82.8 Å². The smallest absolute Gasteiger partial charge is 0.0869 e. The number of allylic oxidation sites excluding steroid dienone is 1. The number of hydrogen-bond acceptors (Lipinski definition) is 2. The van der Waals surface area contributed by atoms with Crippen molar-refractivity contribution in [2.24, 2.45) is 0 Å². The molecule has 0 aromatic heterocycles. The average Bonchev–Trinajstić information content (AvgIpc) is 2.33. The van der Waals surface area contributed by atoms with Gasteiger partial charge in [-0.05, 0) is 57.9 Å². The highest BCUT2D eigenvalue weighted by molar-refractivity contribution is 5.20. The summed E-state index contributed by atoms with van der Waals surface area (Å²) in [4.78, 5) is 0. The summed E-state index contributed by atoms with van der Waals surface area (Å²) in [7, 11) is 1.91. The zero-order valence-electron chi connectivity index (χ0n) is 12.8. The molecule has 0 heterocycles. The SMILES string of the molecule is CCCNC(C1=CCCCCCC1)C1(OC)CCC1.